The first kappa shape index (κ1) is 37.8. The molecule has 8 heteroatoms. The molecule has 0 saturated carbocycles. The number of hydrogen-bond acceptors (Lipinski definition) is 8. The van der Waals surface area contributed by atoms with Gasteiger partial charge in [0, 0.05) is 6.42 Å². The molecule has 0 spiro atoms. The molecule has 0 bridgehead atoms. The summed E-state index contributed by atoms with van der Waals surface area (Å²) in [6.07, 6.45) is 26.0. The molecule has 8 nitrogen and oxygen atoms in total. The Kier molecular flexibility index (Phi) is 17.3. The molecular formula is C38H66O8. The minimum atomic E-state index is -0.366. The molecule has 4 rings (SSSR count). The molecule has 0 unspecified atom stereocenters. The van der Waals surface area contributed by atoms with E-state index in [-0.39, 0.29) is 60.4 Å². The van der Waals surface area contributed by atoms with Crippen molar-refractivity contribution in [3.05, 3.63) is 0 Å². The van der Waals surface area contributed by atoms with E-state index in [0.29, 0.717) is 25.7 Å². The number of carbonyl (C=O) groups excluding carboxylic acids is 2. The zero-order valence-electron chi connectivity index (χ0n) is 29.2. The summed E-state index contributed by atoms with van der Waals surface area (Å²) >= 11 is 0. The highest BCUT2D eigenvalue weighted by molar-refractivity contribution is 5.83. The second kappa shape index (κ2) is 21.1. The number of aliphatic hydroxyl groups is 1. The van der Waals surface area contributed by atoms with Crippen LogP contribution in [0.15, 0.2) is 0 Å². The fourth-order valence-corrected chi connectivity index (χ4v) is 8.12. The van der Waals surface area contributed by atoms with Crippen LogP contribution in [0.3, 0.4) is 0 Å². The van der Waals surface area contributed by atoms with Crippen LogP contribution in [0.2, 0.25) is 0 Å². The lowest BCUT2D eigenvalue weighted by Crippen LogP contribution is -2.32. The van der Waals surface area contributed by atoms with Crippen molar-refractivity contribution in [2.45, 2.75) is 217 Å². The fraction of sp³-hybridized carbons (Fsp3) is 0.947. The van der Waals surface area contributed by atoms with Gasteiger partial charge >= 0.3 is 5.97 Å². The lowest BCUT2D eigenvalue weighted by Gasteiger charge is -2.24. The van der Waals surface area contributed by atoms with Gasteiger partial charge in [-0.25, -0.2) is 0 Å². The van der Waals surface area contributed by atoms with E-state index in [4.69, 9.17) is 23.7 Å². The van der Waals surface area contributed by atoms with Crippen molar-refractivity contribution in [1.29, 1.82) is 0 Å². The third kappa shape index (κ3) is 13.1. The largest absolute Gasteiger partial charge is 0.462 e. The number of esters is 1. The summed E-state index contributed by atoms with van der Waals surface area (Å²) in [7, 11) is 0. The molecule has 4 saturated heterocycles. The van der Waals surface area contributed by atoms with Gasteiger partial charge in [0.25, 0.3) is 0 Å². The van der Waals surface area contributed by atoms with E-state index in [1.54, 1.807) is 6.92 Å². The van der Waals surface area contributed by atoms with Gasteiger partial charge in [-0.2, -0.15) is 0 Å². The Labute approximate surface area is 279 Å². The maximum Gasteiger partial charge on any atom is 0.309 e. The molecule has 9 atom stereocenters. The van der Waals surface area contributed by atoms with Gasteiger partial charge in [0.2, 0.25) is 0 Å². The van der Waals surface area contributed by atoms with Gasteiger partial charge in [-0.15, -0.1) is 0 Å². The molecule has 0 aromatic carbocycles. The average Bonchev–Trinajstić information content (AvgIpc) is 3.75. The van der Waals surface area contributed by atoms with E-state index in [2.05, 4.69) is 6.92 Å². The van der Waals surface area contributed by atoms with Crippen molar-refractivity contribution in [3.8, 4) is 0 Å². The van der Waals surface area contributed by atoms with Gasteiger partial charge < -0.3 is 33.6 Å². The zero-order chi connectivity index (χ0) is 32.6. The molecular weight excluding hydrogens is 584 g/mol. The van der Waals surface area contributed by atoms with Crippen molar-refractivity contribution in [2.24, 2.45) is 5.92 Å². The predicted molar refractivity (Wildman–Crippen MR) is 178 cm³/mol. The van der Waals surface area contributed by atoms with Crippen LogP contribution in [-0.4, -0.2) is 72.5 Å². The van der Waals surface area contributed by atoms with Crippen LogP contribution in [0.5, 0.6) is 0 Å². The van der Waals surface area contributed by atoms with Crippen molar-refractivity contribution >= 4 is 11.8 Å². The number of unbranched alkanes of at least 4 members (excludes halogenated alkanes) is 11. The fourth-order valence-electron chi connectivity index (χ4n) is 8.12. The van der Waals surface area contributed by atoms with Crippen LogP contribution in [0.4, 0.5) is 0 Å². The minimum absolute atomic E-state index is 0.00238. The maximum absolute atomic E-state index is 11.9. The second-order valence-electron chi connectivity index (χ2n) is 14.8. The van der Waals surface area contributed by atoms with E-state index < -0.39 is 0 Å². The molecule has 4 aliphatic heterocycles. The topological polar surface area (TPSA) is 101 Å². The normalized spacial score (nSPS) is 32.5. The SMILES string of the molecule is CCCCCCCCCC[C@H](O)[C@@H]1CC[C@@H]([C@@H]2CC[C@H]([C@H]3CC[C@H](CCCCCCC[C@H]4C[C@H](CC(C)=O)C(=O)O4)O3)OCO2)O1. The Morgan fingerprint density at radius 3 is 1.96 bits per heavy atom. The van der Waals surface area contributed by atoms with Gasteiger partial charge in [-0.1, -0.05) is 84.0 Å². The lowest BCUT2D eigenvalue weighted by atomic mass is 9.96. The third-order valence-electron chi connectivity index (χ3n) is 10.9. The number of cyclic esters (lactones) is 1. The zero-order valence-corrected chi connectivity index (χ0v) is 29.2. The first-order valence-corrected chi connectivity index (χ1v) is 19.3. The van der Waals surface area contributed by atoms with Crippen LogP contribution in [0.25, 0.3) is 0 Å². The molecule has 46 heavy (non-hydrogen) atoms. The number of ether oxygens (including phenoxy) is 5. The number of carbonyl (C=O) groups is 2. The number of rotatable bonds is 22. The van der Waals surface area contributed by atoms with Gasteiger partial charge in [0.05, 0.1) is 48.6 Å². The Hall–Kier alpha value is -1.06. The molecule has 0 amide bonds. The van der Waals surface area contributed by atoms with Gasteiger partial charge in [-0.3, -0.25) is 4.79 Å². The van der Waals surface area contributed by atoms with Crippen LogP contribution in [0, 0.1) is 5.92 Å². The average molecular weight is 651 g/mol. The minimum Gasteiger partial charge on any atom is -0.462 e. The molecule has 4 heterocycles. The van der Waals surface area contributed by atoms with E-state index >= 15 is 0 Å². The summed E-state index contributed by atoms with van der Waals surface area (Å²) in [6, 6.07) is 0. The van der Waals surface area contributed by atoms with Gasteiger partial charge in [0.1, 0.15) is 18.7 Å². The number of Topliss-reactive ketones (excluding diaryl/α,β-unsaturated/α-hetero) is 1. The number of hydrogen-bond donors (Lipinski definition) is 1. The summed E-state index contributed by atoms with van der Waals surface area (Å²) in [5.74, 6) is -0.347. The second-order valence-corrected chi connectivity index (χ2v) is 14.8. The van der Waals surface area contributed by atoms with Crippen molar-refractivity contribution < 1.29 is 38.4 Å². The standard InChI is InChI=1S/C38H66O8/c1-3-4-5-6-7-8-12-15-18-32(40)33-21-24-37(46-33)35-23-22-34(42-27-43-35)36-20-19-30(44-36)16-13-10-9-11-14-17-31-26-29(25-28(2)39)38(41)45-31/h29-37,40H,3-27H2,1-2H3/t29-,30-,31-,32-,33-,34+,35-,36+,37-/m0/s1. The van der Waals surface area contributed by atoms with Gasteiger partial charge in [0.15, 0.2) is 0 Å². The van der Waals surface area contributed by atoms with E-state index in [9.17, 15) is 14.7 Å². The summed E-state index contributed by atoms with van der Waals surface area (Å²) in [5, 5.41) is 10.8. The molecule has 0 radical (unpaired) electrons. The van der Waals surface area contributed by atoms with Crippen molar-refractivity contribution in [3.63, 3.8) is 0 Å². The highest BCUT2D eigenvalue weighted by Gasteiger charge is 2.39. The molecule has 4 fully saturated rings. The van der Waals surface area contributed by atoms with Crippen LogP contribution < -0.4 is 0 Å². The third-order valence-corrected chi connectivity index (χ3v) is 10.9. The first-order chi connectivity index (χ1) is 22.4. The highest BCUT2D eigenvalue weighted by Crippen LogP contribution is 2.34. The molecule has 0 aliphatic carbocycles. The highest BCUT2D eigenvalue weighted by atomic mass is 16.7. The molecule has 266 valence electrons. The summed E-state index contributed by atoms with van der Waals surface area (Å²) < 4.78 is 30.6. The van der Waals surface area contributed by atoms with E-state index in [1.807, 2.05) is 0 Å². The summed E-state index contributed by atoms with van der Waals surface area (Å²) in [6.45, 7) is 4.09. The smallest absolute Gasteiger partial charge is 0.309 e. The molecule has 0 aromatic rings. The summed E-state index contributed by atoms with van der Waals surface area (Å²) in [5.41, 5.74) is 0. The number of aliphatic hydroxyl groups excluding tert-OH is 1. The van der Waals surface area contributed by atoms with Crippen molar-refractivity contribution in [1.82, 2.24) is 0 Å². The van der Waals surface area contributed by atoms with Crippen LogP contribution in [-0.2, 0) is 33.3 Å². The Morgan fingerprint density at radius 2 is 1.28 bits per heavy atom. The number of ketones is 1. The Morgan fingerprint density at radius 1 is 0.717 bits per heavy atom. The maximum atomic E-state index is 11.9. The van der Waals surface area contributed by atoms with Crippen molar-refractivity contribution in [2.75, 3.05) is 6.79 Å². The quantitative estimate of drug-likeness (QED) is 0.0926. The van der Waals surface area contributed by atoms with Gasteiger partial charge in [-0.05, 0) is 77.6 Å². The first-order valence-electron chi connectivity index (χ1n) is 19.3. The molecule has 0 aromatic heterocycles. The Bertz CT molecular complexity index is 866. The predicted octanol–water partition coefficient (Wildman–Crippen LogP) is 8.14. The monoisotopic (exact) mass is 650 g/mol. The van der Waals surface area contributed by atoms with E-state index in [1.165, 1.54) is 64.2 Å². The summed E-state index contributed by atoms with van der Waals surface area (Å²) in [4.78, 5) is 23.2. The van der Waals surface area contributed by atoms with Crippen LogP contribution in [0.1, 0.15) is 168 Å². The molecule has 4 aliphatic rings. The molecule has 1 N–H and O–H groups in total. The Balaban J connectivity index is 1.01. The van der Waals surface area contributed by atoms with Crippen LogP contribution >= 0.6 is 0 Å². The lowest BCUT2D eigenvalue weighted by molar-refractivity contribution is -0.154. The van der Waals surface area contributed by atoms with E-state index in [0.717, 1.165) is 77.0 Å².